The van der Waals surface area contributed by atoms with Crippen LogP contribution in [0.25, 0.3) is 0 Å². The highest BCUT2D eigenvalue weighted by Gasteiger charge is 2.14. The molecule has 0 aliphatic heterocycles. The van der Waals surface area contributed by atoms with E-state index in [9.17, 15) is 4.79 Å². The van der Waals surface area contributed by atoms with Crippen molar-refractivity contribution >= 4 is 11.7 Å². The average Bonchev–Trinajstić information content (AvgIpc) is 2.86. The number of para-hydroxylation sites is 1. The SMILES string of the molecule is CCOC(=O)c1[nH]ncc1CNc1ccccc1. The van der Waals surface area contributed by atoms with E-state index in [1.807, 2.05) is 30.3 Å². The molecule has 0 saturated carbocycles. The minimum atomic E-state index is -0.375. The van der Waals surface area contributed by atoms with Crippen LogP contribution in [0.4, 0.5) is 5.69 Å². The first-order valence-corrected chi connectivity index (χ1v) is 5.79. The van der Waals surface area contributed by atoms with Gasteiger partial charge in [-0.25, -0.2) is 4.79 Å². The maximum Gasteiger partial charge on any atom is 0.356 e. The molecule has 2 aromatic rings. The number of aromatic amines is 1. The molecule has 0 unspecified atom stereocenters. The fraction of sp³-hybridized carbons (Fsp3) is 0.231. The Bertz CT molecular complexity index is 508. The van der Waals surface area contributed by atoms with Gasteiger partial charge in [-0.05, 0) is 19.1 Å². The lowest BCUT2D eigenvalue weighted by Crippen LogP contribution is -2.10. The Morgan fingerprint density at radius 3 is 2.89 bits per heavy atom. The Balaban J connectivity index is 2.02. The van der Waals surface area contributed by atoms with E-state index in [1.54, 1.807) is 13.1 Å². The second-order valence-corrected chi connectivity index (χ2v) is 3.71. The first-order valence-electron chi connectivity index (χ1n) is 5.79. The first-order chi connectivity index (χ1) is 8.81. The van der Waals surface area contributed by atoms with E-state index in [1.165, 1.54) is 0 Å². The Labute approximate surface area is 105 Å². The molecule has 0 radical (unpaired) electrons. The van der Waals surface area contributed by atoms with Crippen molar-refractivity contribution in [2.75, 3.05) is 11.9 Å². The molecule has 0 aliphatic carbocycles. The predicted octanol–water partition coefficient (Wildman–Crippen LogP) is 2.20. The van der Waals surface area contributed by atoms with Crippen molar-refractivity contribution in [2.45, 2.75) is 13.5 Å². The van der Waals surface area contributed by atoms with E-state index >= 15 is 0 Å². The minimum Gasteiger partial charge on any atom is -0.461 e. The standard InChI is InChI=1S/C13H15N3O2/c1-2-18-13(17)12-10(9-15-16-12)8-14-11-6-4-3-5-7-11/h3-7,9,14H,2,8H2,1H3,(H,15,16). The molecule has 0 bridgehead atoms. The van der Waals surface area contributed by atoms with Crippen molar-refractivity contribution in [1.82, 2.24) is 10.2 Å². The summed E-state index contributed by atoms with van der Waals surface area (Å²) in [7, 11) is 0. The van der Waals surface area contributed by atoms with E-state index in [4.69, 9.17) is 4.74 Å². The van der Waals surface area contributed by atoms with Gasteiger partial charge >= 0.3 is 5.97 Å². The van der Waals surface area contributed by atoms with E-state index in [0.29, 0.717) is 18.8 Å². The van der Waals surface area contributed by atoms with Crippen LogP contribution in [0.2, 0.25) is 0 Å². The van der Waals surface area contributed by atoms with E-state index < -0.39 is 0 Å². The van der Waals surface area contributed by atoms with Crippen LogP contribution < -0.4 is 5.32 Å². The lowest BCUT2D eigenvalue weighted by atomic mass is 10.2. The fourth-order valence-corrected chi connectivity index (χ4v) is 1.58. The third-order valence-electron chi connectivity index (χ3n) is 2.45. The van der Waals surface area contributed by atoms with Crippen molar-refractivity contribution in [3.8, 4) is 0 Å². The van der Waals surface area contributed by atoms with Crippen LogP contribution in [0.5, 0.6) is 0 Å². The normalized spacial score (nSPS) is 10.1. The molecule has 94 valence electrons. The largest absolute Gasteiger partial charge is 0.461 e. The van der Waals surface area contributed by atoms with Crippen molar-refractivity contribution in [1.29, 1.82) is 0 Å². The molecule has 0 spiro atoms. The number of carbonyl (C=O) groups excluding carboxylic acids is 1. The number of ether oxygens (including phenoxy) is 1. The Morgan fingerprint density at radius 2 is 2.17 bits per heavy atom. The smallest absolute Gasteiger partial charge is 0.356 e. The molecule has 0 atom stereocenters. The topological polar surface area (TPSA) is 67.0 Å². The summed E-state index contributed by atoms with van der Waals surface area (Å²) in [5.74, 6) is -0.375. The lowest BCUT2D eigenvalue weighted by Gasteiger charge is -2.06. The second kappa shape index (κ2) is 5.86. The number of nitrogens with zero attached hydrogens (tertiary/aromatic N) is 1. The number of esters is 1. The van der Waals surface area contributed by atoms with Crippen molar-refractivity contribution in [3.63, 3.8) is 0 Å². The van der Waals surface area contributed by atoms with Crippen LogP contribution >= 0.6 is 0 Å². The third kappa shape index (κ3) is 2.88. The summed E-state index contributed by atoms with van der Waals surface area (Å²) < 4.78 is 4.94. The number of carbonyl (C=O) groups is 1. The summed E-state index contributed by atoms with van der Waals surface area (Å²) in [6, 6.07) is 9.77. The van der Waals surface area contributed by atoms with Gasteiger partial charge in [0.25, 0.3) is 0 Å². The molecular formula is C13H15N3O2. The van der Waals surface area contributed by atoms with E-state index in [0.717, 1.165) is 11.3 Å². The molecule has 1 aromatic heterocycles. The van der Waals surface area contributed by atoms with Gasteiger partial charge in [0.2, 0.25) is 0 Å². The number of hydrogen-bond acceptors (Lipinski definition) is 4. The van der Waals surface area contributed by atoms with Gasteiger partial charge in [0.15, 0.2) is 0 Å². The van der Waals surface area contributed by atoms with Crippen molar-refractivity contribution in [3.05, 3.63) is 47.8 Å². The molecule has 0 fully saturated rings. The van der Waals surface area contributed by atoms with Gasteiger partial charge in [0, 0.05) is 17.8 Å². The Kier molecular flexibility index (Phi) is 3.96. The Morgan fingerprint density at radius 1 is 1.39 bits per heavy atom. The molecule has 0 aliphatic rings. The molecule has 5 nitrogen and oxygen atoms in total. The summed E-state index contributed by atoms with van der Waals surface area (Å²) in [5.41, 5.74) is 2.19. The van der Waals surface area contributed by atoms with Crippen LogP contribution in [0.3, 0.4) is 0 Å². The number of hydrogen-bond donors (Lipinski definition) is 2. The molecule has 18 heavy (non-hydrogen) atoms. The molecule has 0 amide bonds. The maximum atomic E-state index is 11.6. The molecule has 5 heteroatoms. The van der Waals surface area contributed by atoms with Crippen LogP contribution in [0.15, 0.2) is 36.5 Å². The third-order valence-corrected chi connectivity index (χ3v) is 2.45. The Hall–Kier alpha value is -2.30. The zero-order chi connectivity index (χ0) is 12.8. The van der Waals surface area contributed by atoms with Crippen LogP contribution in [-0.4, -0.2) is 22.8 Å². The summed E-state index contributed by atoms with van der Waals surface area (Å²) in [6.07, 6.45) is 1.63. The monoisotopic (exact) mass is 245 g/mol. The van der Waals surface area contributed by atoms with Gasteiger partial charge in [-0.3, -0.25) is 5.10 Å². The quantitative estimate of drug-likeness (QED) is 0.792. The fourth-order valence-electron chi connectivity index (χ4n) is 1.58. The molecule has 2 rings (SSSR count). The number of rotatable bonds is 5. The van der Waals surface area contributed by atoms with E-state index in [2.05, 4.69) is 15.5 Å². The van der Waals surface area contributed by atoms with Gasteiger partial charge in [0.05, 0.1) is 12.8 Å². The van der Waals surface area contributed by atoms with Crippen LogP contribution in [-0.2, 0) is 11.3 Å². The second-order valence-electron chi connectivity index (χ2n) is 3.71. The van der Waals surface area contributed by atoms with Gasteiger partial charge in [-0.2, -0.15) is 5.10 Å². The van der Waals surface area contributed by atoms with Crippen LogP contribution in [0, 0.1) is 0 Å². The van der Waals surface area contributed by atoms with Gasteiger partial charge < -0.3 is 10.1 Å². The molecule has 2 N–H and O–H groups in total. The highest BCUT2D eigenvalue weighted by Crippen LogP contribution is 2.11. The zero-order valence-electron chi connectivity index (χ0n) is 10.1. The van der Waals surface area contributed by atoms with E-state index in [-0.39, 0.29) is 5.97 Å². The number of H-pyrrole nitrogens is 1. The highest BCUT2D eigenvalue weighted by molar-refractivity contribution is 5.88. The number of nitrogens with one attached hydrogen (secondary N) is 2. The van der Waals surface area contributed by atoms with Gasteiger partial charge in [-0.1, -0.05) is 18.2 Å². The van der Waals surface area contributed by atoms with Gasteiger partial charge in [-0.15, -0.1) is 0 Å². The first kappa shape index (κ1) is 12.2. The van der Waals surface area contributed by atoms with Crippen molar-refractivity contribution in [2.24, 2.45) is 0 Å². The molecule has 1 aromatic carbocycles. The summed E-state index contributed by atoms with van der Waals surface area (Å²) >= 11 is 0. The number of anilines is 1. The van der Waals surface area contributed by atoms with Crippen LogP contribution in [0.1, 0.15) is 23.0 Å². The lowest BCUT2D eigenvalue weighted by molar-refractivity contribution is 0.0518. The highest BCUT2D eigenvalue weighted by atomic mass is 16.5. The summed E-state index contributed by atoms with van der Waals surface area (Å²) in [5, 5.41) is 9.75. The molecule has 1 heterocycles. The summed E-state index contributed by atoms with van der Waals surface area (Å²) in [4.78, 5) is 11.6. The molecular weight excluding hydrogens is 230 g/mol. The number of aromatic nitrogens is 2. The zero-order valence-corrected chi connectivity index (χ0v) is 10.1. The average molecular weight is 245 g/mol. The predicted molar refractivity (Wildman–Crippen MR) is 68.3 cm³/mol. The van der Waals surface area contributed by atoms with Gasteiger partial charge in [0.1, 0.15) is 5.69 Å². The molecule has 0 saturated heterocycles. The maximum absolute atomic E-state index is 11.6. The van der Waals surface area contributed by atoms with Crippen molar-refractivity contribution < 1.29 is 9.53 Å². The summed E-state index contributed by atoms with van der Waals surface area (Å²) in [6.45, 7) is 2.65. The number of benzene rings is 1. The minimum absolute atomic E-state index is 0.351.